The summed E-state index contributed by atoms with van der Waals surface area (Å²) in [6.45, 7) is 4.36. The molecule has 1 unspecified atom stereocenters. The van der Waals surface area contributed by atoms with Gasteiger partial charge in [-0.05, 0) is 32.2 Å². The van der Waals surface area contributed by atoms with Crippen molar-refractivity contribution in [3.05, 3.63) is 28.2 Å². The molecule has 0 radical (unpaired) electrons. The third-order valence-electron chi connectivity index (χ3n) is 3.44. The van der Waals surface area contributed by atoms with Crippen LogP contribution in [0.15, 0.2) is 22.7 Å². The number of hydrogen-bond acceptors (Lipinski definition) is 3. The quantitative estimate of drug-likeness (QED) is 0.861. The van der Waals surface area contributed by atoms with Crippen molar-refractivity contribution in [1.82, 2.24) is 9.80 Å². The van der Waals surface area contributed by atoms with E-state index in [9.17, 15) is 9.90 Å². The molecule has 1 saturated heterocycles. The summed E-state index contributed by atoms with van der Waals surface area (Å²) in [6.07, 6.45) is 0. The number of benzene rings is 1. The number of amides is 1. The van der Waals surface area contributed by atoms with Crippen LogP contribution in [-0.2, 0) is 0 Å². The van der Waals surface area contributed by atoms with Crippen LogP contribution in [0.4, 0.5) is 0 Å². The zero-order chi connectivity index (χ0) is 13.3. The Morgan fingerprint density at radius 2 is 2.17 bits per heavy atom. The van der Waals surface area contributed by atoms with Crippen molar-refractivity contribution >= 4 is 21.8 Å². The first kappa shape index (κ1) is 13.4. The van der Waals surface area contributed by atoms with Crippen molar-refractivity contribution < 1.29 is 9.90 Å². The van der Waals surface area contributed by atoms with Gasteiger partial charge in [-0.25, -0.2) is 0 Å². The number of phenols is 1. The number of carbonyl (C=O) groups is 1. The first-order valence-electron chi connectivity index (χ1n) is 5.97. The molecular formula is C13H17BrN2O2. The number of likely N-dealkylation sites (N-methyl/N-ethyl adjacent to an activating group) is 1. The molecule has 5 heteroatoms. The maximum atomic E-state index is 12.4. The Hall–Kier alpha value is -1.07. The fourth-order valence-corrected chi connectivity index (χ4v) is 2.44. The highest BCUT2D eigenvalue weighted by molar-refractivity contribution is 9.10. The summed E-state index contributed by atoms with van der Waals surface area (Å²) in [7, 11) is 2.06. The predicted octanol–water partition coefficient (Wildman–Crippen LogP) is 1.93. The smallest absolute Gasteiger partial charge is 0.257 e. The first-order chi connectivity index (χ1) is 8.49. The largest absolute Gasteiger partial charge is 0.507 e. The summed E-state index contributed by atoms with van der Waals surface area (Å²) < 4.78 is 0.797. The van der Waals surface area contributed by atoms with E-state index in [0.29, 0.717) is 24.7 Å². The van der Waals surface area contributed by atoms with E-state index in [0.717, 1.165) is 11.0 Å². The molecule has 98 valence electrons. The maximum Gasteiger partial charge on any atom is 0.257 e. The second-order valence-electron chi connectivity index (χ2n) is 4.74. The van der Waals surface area contributed by atoms with Crippen LogP contribution >= 0.6 is 15.9 Å². The number of aromatic hydroxyl groups is 1. The molecule has 0 saturated carbocycles. The summed E-state index contributed by atoms with van der Waals surface area (Å²) in [4.78, 5) is 16.4. The second kappa shape index (κ2) is 5.28. The molecule has 1 aromatic carbocycles. The lowest BCUT2D eigenvalue weighted by molar-refractivity contribution is 0.0569. The van der Waals surface area contributed by atoms with Gasteiger partial charge in [0.25, 0.3) is 5.91 Å². The van der Waals surface area contributed by atoms with Crippen LogP contribution in [0.2, 0.25) is 0 Å². The first-order valence-corrected chi connectivity index (χ1v) is 6.76. The SMILES string of the molecule is CC1CN(C(=O)c2cc(Br)ccc2O)CCN1C. The Balaban J connectivity index is 2.19. The number of carbonyl (C=O) groups excluding carboxylic acids is 1. The normalized spacial score (nSPS) is 21.1. The molecule has 0 aliphatic carbocycles. The van der Waals surface area contributed by atoms with Crippen molar-refractivity contribution in [3.63, 3.8) is 0 Å². The van der Waals surface area contributed by atoms with E-state index in [1.165, 1.54) is 6.07 Å². The van der Waals surface area contributed by atoms with Crippen LogP contribution in [0.3, 0.4) is 0 Å². The lowest BCUT2D eigenvalue weighted by atomic mass is 10.1. The fraction of sp³-hybridized carbons (Fsp3) is 0.462. The van der Waals surface area contributed by atoms with E-state index >= 15 is 0 Å². The van der Waals surface area contributed by atoms with E-state index in [1.807, 2.05) is 0 Å². The van der Waals surface area contributed by atoms with Crippen molar-refractivity contribution in [2.75, 3.05) is 26.7 Å². The number of rotatable bonds is 1. The van der Waals surface area contributed by atoms with Gasteiger partial charge in [0.15, 0.2) is 0 Å². The lowest BCUT2D eigenvalue weighted by Gasteiger charge is -2.37. The molecule has 1 aromatic rings. The topological polar surface area (TPSA) is 43.8 Å². The molecule has 1 atom stereocenters. The Labute approximate surface area is 115 Å². The molecule has 2 rings (SSSR count). The molecule has 1 fully saturated rings. The zero-order valence-electron chi connectivity index (χ0n) is 10.6. The van der Waals surface area contributed by atoms with Crippen LogP contribution in [-0.4, -0.2) is 53.5 Å². The molecule has 1 aliphatic rings. The number of hydrogen-bond donors (Lipinski definition) is 1. The van der Waals surface area contributed by atoms with E-state index in [2.05, 4.69) is 34.8 Å². The highest BCUT2D eigenvalue weighted by Gasteiger charge is 2.26. The van der Waals surface area contributed by atoms with Gasteiger partial charge < -0.3 is 14.9 Å². The summed E-state index contributed by atoms with van der Waals surface area (Å²) >= 11 is 3.32. The highest BCUT2D eigenvalue weighted by atomic mass is 79.9. The average molecular weight is 313 g/mol. The number of piperazine rings is 1. The molecule has 0 aromatic heterocycles. The van der Waals surface area contributed by atoms with Gasteiger partial charge in [-0.15, -0.1) is 0 Å². The van der Waals surface area contributed by atoms with Crippen LogP contribution in [0.5, 0.6) is 5.75 Å². The highest BCUT2D eigenvalue weighted by Crippen LogP contribution is 2.24. The van der Waals surface area contributed by atoms with Gasteiger partial charge >= 0.3 is 0 Å². The van der Waals surface area contributed by atoms with Gasteiger partial charge in [-0.1, -0.05) is 15.9 Å². The number of nitrogens with zero attached hydrogens (tertiary/aromatic N) is 2. The van der Waals surface area contributed by atoms with Gasteiger partial charge in [0.2, 0.25) is 0 Å². The molecule has 0 bridgehead atoms. The standard InChI is InChI=1S/C13H17BrN2O2/c1-9-8-16(6-5-15(9)2)13(18)11-7-10(14)3-4-12(11)17/h3-4,7,9,17H,5-6,8H2,1-2H3. The molecule has 18 heavy (non-hydrogen) atoms. The lowest BCUT2D eigenvalue weighted by Crippen LogP contribution is -2.52. The Bertz CT molecular complexity index is 464. The fourth-order valence-electron chi connectivity index (χ4n) is 2.08. The Morgan fingerprint density at radius 3 is 2.83 bits per heavy atom. The molecule has 1 heterocycles. The van der Waals surface area contributed by atoms with Gasteiger partial charge in [0, 0.05) is 30.1 Å². The van der Waals surface area contributed by atoms with Crippen molar-refractivity contribution in [3.8, 4) is 5.75 Å². The van der Waals surface area contributed by atoms with Crippen LogP contribution < -0.4 is 0 Å². The third-order valence-corrected chi connectivity index (χ3v) is 3.93. The molecule has 1 amide bonds. The van der Waals surface area contributed by atoms with Crippen molar-refractivity contribution in [1.29, 1.82) is 0 Å². The third kappa shape index (κ3) is 2.67. The van der Waals surface area contributed by atoms with E-state index in [4.69, 9.17) is 0 Å². The Morgan fingerprint density at radius 1 is 1.44 bits per heavy atom. The van der Waals surface area contributed by atoms with Crippen molar-refractivity contribution in [2.45, 2.75) is 13.0 Å². The minimum absolute atomic E-state index is 0.0368. The second-order valence-corrected chi connectivity index (χ2v) is 5.66. The molecule has 4 nitrogen and oxygen atoms in total. The van der Waals surface area contributed by atoms with Crippen LogP contribution in [0.25, 0.3) is 0 Å². The average Bonchev–Trinajstić information content (AvgIpc) is 2.35. The van der Waals surface area contributed by atoms with E-state index < -0.39 is 0 Å². The van der Waals surface area contributed by atoms with Gasteiger partial charge in [-0.2, -0.15) is 0 Å². The van der Waals surface area contributed by atoms with E-state index in [1.54, 1.807) is 17.0 Å². The maximum absolute atomic E-state index is 12.4. The van der Waals surface area contributed by atoms with Crippen LogP contribution in [0, 0.1) is 0 Å². The van der Waals surface area contributed by atoms with Gasteiger partial charge in [0.1, 0.15) is 5.75 Å². The van der Waals surface area contributed by atoms with Gasteiger partial charge in [-0.3, -0.25) is 4.79 Å². The molecule has 0 spiro atoms. The summed E-state index contributed by atoms with van der Waals surface area (Å²) in [5, 5.41) is 9.78. The van der Waals surface area contributed by atoms with Crippen LogP contribution in [0.1, 0.15) is 17.3 Å². The number of phenolic OH excluding ortho intramolecular Hbond substituents is 1. The van der Waals surface area contributed by atoms with Gasteiger partial charge in [0.05, 0.1) is 5.56 Å². The Kier molecular flexibility index (Phi) is 3.92. The summed E-state index contributed by atoms with van der Waals surface area (Å²) in [5.74, 6) is -0.0662. The predicted molar refractivity (Wildman–Crippen MR) is 73.8 cm³/mol. The summed E-state index contributed by atoms with van der Waals surface area (Å²) in [6, 6.07) is 5.27. The van der Waals surface area contributed by atoms with E-state index in [-0.39, 0.29) is 11.7 Å². The summed E-state index contributed by atoms with van der Waals surface area (Å²) in [5.41, 5.74) is 0.362. The number of halogens is 1. The zero-order valence-corrected chi connectivity index (χ0v) is 12.1. The van der Waals surface area contributed by atoms with Crippen molar-refractivity contribution in [2.24, 2.45) is 0 Å². The molecular weight excluding hydrogens is 296 g/mol. The molecule has 1 N–H and O–H groups in total. The molecule has 1 aliphatic heterocycles. The minimum atomic E-state index is -0.103. The minimum Gasteiger partial charge on any atom is -0.507 e. The monoisotopic (exact) mass is 312 g/mol.